The standard InChI is InChI=1S/C12H13Br2NO3.2C4H9.Sn/c1-6(2)10(12(17)18)15-5-7-3-8(13)4-9(14)11(7)16;2*1-3-4-2;/h3-6,10,16H,1-2H3,(H,17,18);2*1,3-4H2,2H3;/q;;;+2/p-2/t10-;;;/m0.../s1. The van der Waals surface area contributed by atoms with E-state index in [0.717, 1.165) is 0 Å². The molecular weight excluding hydrogens is 581 g/mol. The summed E-state index contributed by atoms with van der Waals surface area (Å²) < 4.78 is 4.36. The topological polar surface area (TPSA) is 75.5 Å². The average molecular weight is 610 g/mol. The number of carboxylic acid groups (broad SMARTS) is 1. The molecule has 7 heteroatoms. The Morgan fingerprint density at radius 1 is 1.19 bits per heavy atom. The van der Waals surface area contributed by atoms with Gasteiger partial charge in [-0.1, -0.05) is 51.5 Å². The van der Waals surface area contributed by atoms with Crippen LogP contribution in [-0.4, -0.2) is 39.4 Å². The predicted octanol–water partition coefficient (Wildman–Crippen LogP) is 4.61. The number of aliphatic imine (C=N–C) groups is 1. The first kappa shape index (κ1) is 26.9. The van der Waals surface area contributed by atoms with Gasteiger partial charge in [-0.15, -0.1) is 0 Å². The predicted molar refractivity (Wildman–Crippen MR) is 118 cm³/mol. The van der Waals surface area contributed by atoms with E-state index in [4.69, 9.17) is 0 Å². The molecular formula is C20H29Br2NO3Sn. The maximum atomic E-state index is 11.8. The van der Waals surface area contributed by atoms with E-state index in [1.165, 1.54) is 31.9 Å². The van der Waals surface area contributed by atoms with Crippen LogP contribution < -0.4 is 10.2 Å². The van der Waals surface area contributed by atoms with Crippen molar-refractivity contribution in [3.63, 3.8) is 0 Å². The molecule has 150 valence electrons. The first-order valence-electron chi connectivity index (χ1n) is 9.35. The summed E-state index contributed by atoms with van der Waals surface area (Å²) in [5.74, 6) is -1.68. The Kier molecular flexibility index (Phi) is 15.7. The summed E-state index contributed by atoms with van der Waals surface area (Å²) in [5.41, 5.74) is 0.322. The number of benzene rings is 1. The number of carbonyl (C=O) groups excluding carboxylic acids is 1. The molecule has 0 aliphatic rings. The van der Waals surface area contributed by atoms with Gasteiger partial charge in [-0.05, 0) is 23.6 Å². The quantitative estimate of drug-likeness (QED) is 0.221. The molecule has 4 nitrogen and oxygen atoms in total. The summed E-state index contributed by atoms with van der Waals surface area (Å²) in [7, 11) is 0. The molecule has 0 radical (unpaired) electrons. The summed E-state index contributed by atoms with van der Waals surface area (Å²) in [5, 5.41) is 22.6. The van der Waals surface area contributed by atoms with Crippen LogP contribution in [0.25, 0.3) is 0 Å². The van der Waals surface area contributed by atoms with Crippen LogP contribution >= 0.6 is 31.9 Å². The van der Waals surface area contributed by atoms with E-state index < -0.39 is 12.0 Å². The molecule has 0 heterocycles. The number of hydrogen-bond acceptors (Lipinski definition) is 4. The number of nitrogens with zero attached hydrogens (tertiary/aromatic N) is 1. The molecule has 0 fully saturated rings. The van der Waals surface area contributed by atoms with Crippen LogP contribution in [0.15, 0.2) is 26.1 Å². The van der Waals surface area contributed by atoms with Crippen molar-refractivity contribution in [3.8, 4) is 5.75 Å². The molecule has 0 saturated heterocycles. The second kappa shape index (κ2) is 15.8. The first-order valence-corrected chi connectivity index (χ1v) is 15.0. The fourth-order valence-corrected chi connectivity index (χ4v) is 7.49. The van der Waals surface area contributed by atoms with Crippen molar-refractivity contribution >= 4 is 65.2 Å². The van der Waals surface area contributed by atoms with Gasteiger partial charge in [0, 0.05) is 15.2 Å². The van der Waals surface area contributed by atoms with E-state index in [1.54, 1.807) is 34.9 Å². The van der Waals surface area contributed by atoms with E-state index in [1.807, 2.05) is 0 Å². The third-order valence-corrected chi connectivity index (χ3v) is 8.78. The van der Waals surface area contributed by atoms with E-state index in [9.17, 15) is 15.0 Å². The monoisotopic (exact) mass is 609 g/mol. The molecule has 0 amide bonds. The fraction of sp³-hybridized carbons (Fsp3) is 0.600. The zero-order valence-electron chi connectivity index (χ0n) is 16.6. The molecule has 27 heavy (non-hydrogen) atoms. The maximum absolute atomic E-state index is 11.8. The Morgan fingerprint density at radius 3 is 2.19 bits per heavy atom. The molecule has 0 saturated carbocycles. The number of carboxylic acids is 1. The van der Waals surface area contributed by atoms with E-state index in [-0.39, 0.29) is 32.8 Å². The second-order valence-corrected chi connectivity index (χ2v) is 12.6. The molecule has 1 aromatic carbocycles. The SMILES string of the molecule is CC(C)[C@H](N=Cc1cc(Br)cc(Br)c1[O-])C(=O)[O-].CCC[CH2][Sn+2][CH2]CCC. The van der Waals surface area contributed by atoms with Gasteiger partial charge in [-0.25, -0.2) is 0 Å². The number of unbranched alkanes of at least 4 members (excludes halogenated alkanes) is 2. The van der Waals surface area contributed by atoms with Crippen LogP contribution in [0.1, 0.15) is 58.9 Å². The Labute approximate surface area is 190 Å². The number of carbonyl (C=O) groups is 1. The molecule has 1 aromatic rings. The number of hydrogen-bond donors (Lipinski definition) is 0. The van der Waals surface area contributed by atoms with Crippen molar-refractivity contribution in [3.05, 3.63) is 26.6 Å². The van der Waals surface area contributed by atoms with Gasteiger partial charge in [-0.2, -0.15) is 0 Å². The van der Waals surface area contributed by atoms with Gasteiger partial charge in [0.1, 0.15) is 0 Å². The average Bonchev–Trinajstić information content (AvgIpc) is 2.59. The van der Waals surface area contributed by atoms with Crippen molar-refractivity contribution < 1.29 is 15.0 Å². The summed E-state index contributed by atoms with van der Waals surface area (Å²) in [6, 6.07) is 2.25. The van der Waals surface area contributed by atoms with Gasteiger partial charge in [0.2, 0.25) is 0 Å². The van der Waals surface area contributed by atoms with Crippen molar-refractivity contribution in [1.82, 2.24) is 0 Å². The summed E-state index contributed by atoms with van der Waals surface area (Å²) >= 11 is 6.53. The van der Waals surface area contributed by atoms with E-state index >= 15 is 0 Å². The number of aliphatic carboxylic acids is 1. The Morgan fingerprint density at radius 2 is 1.74 bits per heavy atom. The number of halogens is 2. The third kappa shape index (κ3) is 12.2. The molecule has 1 rings (SSSR count). The molecule has 0 spiro atoms. The second-order valence-electron chi connectivity index (χ2n) is 6.55. The van der Waals surface area contributed by atoms with Gasteiger partial charge in [0.15, 0.2) is 0 Å². The summed E-state index contributed by atoms with van der Waals surface area (Å²) in [4.78, 5) is 14.8. The summed E-state index contributed by atoms with van der Waals surface area (Å²) in [6.07, 6.45) is 7.12. The van der Waals surface area contributed by atoms with Crippen molar-refractivity contribution in [1.29, 1.82) is 0 Å². The van der Waals surface area contributed by atoms with Crippen LogP contribution in [0.3, 0.4) is 0 Å². The normalized spacial score (nSPS) is 11.8. The Hall–Kier alpha value is -0.0813. The van der Waals surface area contributed by atoms with Gasteiger partial charge in [0.05, 0.1) is 12.0 Å². The zero-order valence-corrected chi connectivity index (χ0v) is 22.6. The van der Waals surface area contributed by atoms with Crippen molar-refractivity contribution in [2.45, 2.75) is 68.3 Å². The molecule has 0 unspecified atom stereocenters. The minimum absolute atomic E-state index is 0.149. The van der Waals surface area contributed by atoms with Crippen molar-refractivity contribution in [2.24, 2.45) is 10.9 Å². The molecule has 0 aliphatic carbocycles. The number of rotatable bonds is 10. The molecule has 1 atom stereocenters. The van der Waals surface area contributed by atoms with E-state index in [0.29, 0.717) is 14.5 Å². The van der Waals surface area contributed by atoms with Gasteiger partial charge < -0.3 is 15.0 Å². The van der Waals surface area contributed by atoms with Crippen LogP contribution in [0.4, 0.5) is 0 Å². The fourth-order valence-electron chi connectivity index (χ4n) is 2.07. The minimum atomic E-state index is -1.25. The van der Waals surface area contributed by atoms with Crippen LogP contribution in [-0.2, 0) is 4.79 Å². The Balaban J connectivity index is 0.000000636. The molecule has 0 aliphatic heterocycles. The molecule has 0 N–H and O–H groups in total. The van der Waals surface area contributed by atoms with E-state index in [2.05, 4.69) is 50.7 Å². The van der Waals surface area contributed by atoms with Crippen LogP contribution in [0.2, 0.25) is 8.87 Å². The molecule has 0 bridgehead atoms. The Bertz CT molecular complexity index is 589. The van der Waals surface area contributed by atoms with Gasteiger partial charge >= 0.3 is 69.5 Å². The third-order valence-electron chi connectivity index (χ3n) is 3.70. The van der Waals surface area contributed by atoms with Gasteiger partial charge in [0.25, 0.3) is 0 Å². The van der Waals surface area contributed by atoms with Gasteiger partial charge in [-0.3, -0.25) is 4.99 Å². The summed E-state index contributed by atoms with van der Waals surface area (Å²) in [6.45, 7) is 8.04. The van der Waals surface area contributed by atoms with Crippen LogP contribution in [0.5, 0.6) is 5.75 Å². The van der Waals surface area contributed by atoms with Crippen molar-refractivity contribution in [2.75, 3.05) is 0 Å². The van der Waals surface area contributed by atoms with Crippen LogP contribution in [0, 0.1) is 5.92 Å². The zero-order chi connectivity index (χ0) is 20.8. The first-order chi connectivity index (χ1) is 12.7. The molecule has 0 aromatic heterocycles.